The number of hydrogen-bond donors (Lipinski definition) is 6. The first-order valence-electron chi connectivity index (χ1n) is 13.3. The average Bonchev–Trinajstić information content (AvgIpc) is 3.00. The summed E-state index contributed by atoms with van der Waals surface area (Å²) in [6.45, 7) is 1.52. The Labute approximate surface area is 253 Å². The number of hydrazone groups is 1. The number of methoxy groups -OCH3 is 1. The monoisotopic (exact) mass is 607 g/mol. The molecule has 0 spiro atoms. The Bertz CT molecular complexity index is 1560. The maximum Gasteiger partial charge on any atom is 0.300 e. The summed E-state index contributed by atoms with van der Waals surface area (Å²) in [7, 11) is 3.04. The molecule has 3 aromatic rings. The van der Waals surface area contributed by atoms with Gasteiger partial charge in [0.05, 0.1) is 25.0 Å². The molecule has 1 unspecified atom stereocenters. The number of nitrogens with one attached hydrogen (secondary N) is 3. The van der Waals surface area contributed by atoms with E-state index in [1.165, 1.54) is 18.2 Å². The third-order valence-corrected chi connectivity index (χ3v) is 6.41. The molecule has 1 heterocycles. The topological polar surface area (TPSA) is 205 Å². The zero-order valence-electron chi connectivity index (χ0n) is 24.4. The average molecular weight is 608 g/mol. The lowest BCUT2D eigenvalue weighted by atomic mass is 9.96. The second kappa shape index (κ2) is 15.0. The molecule has 0 aliphatic carbocycles. The van der Waals surface area contributed by atoms with Gasteiger partial charge in [-0.3, -0.25) is 24.8 Å². The molecule has 0 bridgehead atoms. The Morgan fingerprint density at radius 3 is 2.45 bits per heavy atom. The van der Waals surface area contributed by atoms with Crippen LogP contribution in [-0.4, -0.2) is 55.8 Å². The zero-order valence-corrected chi connectivity index (χ0v) is 24.4. The Morgan fingerprint density at radius 2 is 1.86 bits per heavy atom. The van der Waals surface area contributed by atoms with Crippen LogP contribution in [0.4, 0.5) is 15.8 Å². The number of carbonyl (C=O) groups is 3. The van der Waals surface area contributed by atoms with E-state index in [4.69, 9.17) is 36.3 Å². The normalized spacial score (nSPS) is 12.7. The third kappa shape index (κ3) is 8.00. The quantitative estimate of drug-likeness (QED) is 0.0866. The summed E-state index contributed by atoms with van der Waals surface area (Å²) in [6.07, 6.45) is 1.49. The van der Waals surface area contributed by atoms with Gasteiger partial charge in [-0.2, -0.15) is 5.10 Å². The van der Waals surface area contributed by atoms with Gasteiger partial charge in [0.1, 0.15) is 17.7 Å². The molecule has 0 saturated carbocycles. The number of halogens is 1. The fourth-order valence-electron chi connectivity index (χ4n) is 4.48. The number of rotatable bonds is 10. The molecule has 4 rings (SSSR count). The lowest BCUT2D eigenvalue weighted by molar-refractivity contribution is -0.134. The van der Waals surface area contributed by atoms with Gasteiger partial charge in [-0.15, -0.1) is 0 Å². The first-order chi connectivity index (χ1) is 21.0. The highest BCUT2D eigenvalue weighted by Crippen LogP contribution is 2.41. The van der Waals surface area contributed by atoms with E-state index in [2.05, 4.69) is 15.7 Å². The maximum absolute atomic E-state index is 16.2. The number of ether oxygens (including phenoxy) is 2. The molecule has 232 valence electrons. The van der Waals surface area contributed by atoms with Crippen molar-refractivity contribution in [2.75, 3.05) is 31.1 Å². The van der Waals surface area contributed by atoms with Crippen molar-refractivity contribution < 1.29 is 33.4 Å². The van der Waals surface area contributed by atoms with Crippen LogP contribution in [0.25, 0.3) is 0 Å². The minimum absolute atomic E-state index is 0.0186. The molecule has 0 radical (unpaired) electrons. The first kappa shape index (κ1) is 32.8. The summed E-state index contributed by atoms with van der Waals surface area (Å²) >= 11 is 0. The number of para-hydroxylation sites is 1. The van der Waals surface area contributed by atoms with Crippen molar-refractivity contribution in [1.82, 2.24) is 5.32 Å². The number of carbonyl (C=O) groups excluding carboxylic acids is 2. The van der Waals surface area contributed by atoms with E-state index in [1.54, 1.807) is 55.6 Å². The van der Waals surface area contributed by atoms with Crippen LogP contribution in [0.5, 0.6) is 11.5 Å². The van der Waals surface area contributed by atoms with Crippen LogP contribution in [-0.2, 0) is 16.0 Å². The van der Waals surface area contributed by atoms with Crippen molar-refractivity contribution in [2.24, 2.45) is 16.6 Å². The second-order valence-corrected chi connectivity index (χ2v) is 9.48. The predicted molar refractivity (Wildman–Crippen MR) is 164 cm³/mol. The second-order valence-electron chi connectivity index (χ2n) is 9.48. The third-order valence-electron chi connectivity index (χ3n) is 6.41. The minimum Gasteiger partial charge on any atom is -0.493 e. The molecule has 44 heavy (non-hydrogen) atoms. The Balaban J connectivity index is 0.00000124. The Hall–Kier alpha value is -5.66. The van der Waals surface area contributed by atoms with Gasteiger partial charge in [0.15, 0.2) is 17.3 Å². The van der Waals surface area contributed by atoms with Crippen LogP contribution in [0.1, 0.15) is 46.4 Å². The summed E-state index contributed by atoms with van der Waals surface area (Å²) < 4.78 is 27.4. The molecule has 8 N–H and O–H groups in total. The van der Waals surface area contributed by atoms with E-state index < -0.39 is 23.7 Å². The standard InChI is InChI=1S/C28H30FN7O4.C2H4O2/c1-36(21-8-4-3-6-18(21)27(32)38)35-28(33-15-37)24(34-17-11-9-16(10-12-17)26(30)31)20-14-22(39-2)25-19(23(20)29)7-5-13-40-25;1-2(3)4/h3-4,6,8-12,14-15,24,34H,5,7,13H2,1-2H3,(H3,30,31)(H2,32,38)(H,33,35,37);1H3,(H,3,4). The number of aliphatic carboxylic acids is 1. The summed E-state index contributed by atoms with van der Waals surface area (Å²) in [5.74, 6) is -1.43. The smallest absolute Gasteiger partial charge is 0.300 e. The molecule has 13 nitrogen and oxygen atoms in total. The molecule has 0 aromatic heterocycles. The summed E-state index contributed by atoms with van der Waals surface area (Å²) in [5, 5.41) is 26.8. The van der Waals surface area contributed by atoms with E-state index in [1.807, 2.05) is 0 Å². The highest BCUT2D eigenvalue weighted by Gasteiger charge is 2.30. The number of anilines is 2. The van der Waals surface area contributed by atoms with Crippen LogP contribution in [0.2, 0.25) is 0 Å². The molecule has 1 aliphatic rings. The van der Waals surface area contributed by atoms with Crippen molar-refractivity contribution in [1.29, 1.82) is 5.41 Å². The van der Waals surface area contributed by atoms with E-state index in [0.717, 1.165) is 6.92 Å². The number of nitrogens with two attached hydrogens (primary N) is 2. The molecule has 14 heteroatoms. The lowest BCUT2D eigenvalue weighted by Crippen LogP contribution is -2.36. The molecule has 1 aliphatic heterocycles. The van der Waals surface area contributed by atoms with Gasteiger partial charge < -0.3 is 36.7 Å². The fourth-order valence-corrected chi connectivity index (χ4v) is 4.48. The van der Waals surface area contributed by atoms with Gasteiger partial charge in [0.25, 0.3) is 11.9 Å². The number of benzene rings is 3. The molecule has 0 fully saturated rings. The highest BCUT2D eigenvalue weighted by atomic mass is 19.1. The zero-order chi connectivity index (χ0) is 32.4. The number of carboxylic acid groups (broad SMARTS) is 1. The summed E-state index contributed by atoms with van der Waals surface area (Å²) in [6, 6.07) is 13.6. The molecule has 1 atom stereocenters. The predicted octanol–water partition coefficient (Wildman–Crippen LogP) is 2.98. The fraction of sp³-hybridized carbons (Fsp3) is 0.233. The molecule has 3 aromatic carbocycles. The van der Waals surface area contributed by atoms with E-state index in [-0.39, 0.29) is 22.8 Å². The van der Waals surface area contributed by atoms with Gasteiger partial charge in [0, 0.05) is 36.3 Å². The maximum atomic E-state index is 16.2. The van der Waals surface area contributed by atoms with Crippen molar-refractivity contribution in [2.45, 2.75) is 25.8 Å². The van der Waals surface area contributed by atoms with Gasteiger partial charge in [-0.25, -0.2) is 4.39 Å². The minimum atomic E-state index is -1.04. The van der Waals surface area contributed by atoms with E-state index in [9.17, 15) is 9.59 Å². The summed E-state index contributed by atoms with van der Waals surface area (Å²) in [4.78, 5) is 32.8. The van der Waals surface area contributed by atoms with Gasteiger partial charge >= 0.3 is 0 Å². The van der Waals surface area contributed by atoms with Crippen LogP contribution in [0.15, 0.2) is 59.7 Å². The van der Waals surface area contributed by atoms with Crippen molar-refractivity contribution in [3.63, 3.8) is 0 Å². The number of amides is 2. The van der Waals surface area contributed by atoms with Crippen molar-refractivity contribution in [3.05, 3.63) is 82.7 Å². The van der Waals surface area contributed by atoms with Gasteiger partial charge in [-0.1, -0.05) is 12.1 Å². The Kier molecular flexibility index (Phi) is 11.2. The van der Waals surface area contributed by atoms with Crippen LogP contribution < -0.4 is 36.6 Å². The van der Waals surface area contributed by atoms with E-state index >= 15 is 4.39 Å². The first-order valence-corrected chi connectivity index (χ1v) is 13.3. The number of fused-ring (bicyclic) bond motifs is 1. The molecular weight excluding hydrogens is 573 g/mol. The van der Waals surface area contributed by atoms with Crippen molar-refractivity contribution in [3.8, 4) is 11.5 Å². The highest BCUT2D eigenvalue weighted by molar-refractivity contribution is 6.00. The molecular formula is C30H34FN7O6. The molecule has 2 amide bonds. The van der Waals surface area contributed by atoms with Crippen LogP contribution >= 0.6 is 0 Å². The van der Waals surface area contributed by atoms with Crippen LogP contribution in [0, 0.1) is 11.2 Å². The number of nitrogens with zero attached hydrogens (tertiary/aromatic N) is 2. The number of amidine groups is 2. The molecule has 0 saturated heterocycles. The van der Waals surface area contributed by atoms with Crippen LogP contribution in [0.3, 0.4) is 0 Å². The summed E-state index contributed by atoms with van der Waals surface area (Å²) in [5.41, 5.74) is 13.3. The number of hydrogen-bond acceptors (Lipinski definition) is 9. The number of carboxylic acids is 1. The SMILES string of the molecule is CC(=O)O.COc1cc(C(Nc2ccc(C(=N)N)cc2)/C(=N/N(C)c2ccccc2C(N)=O)NC=O)c(F)c2c1OCCC2. The Morgan fingerprint density at radius 1 is 1.20 bits per heavy atom. The number of nitrogen functional groups attached to an aromatic ring is 1. The van der Waals surface area contributed by atoms with Gasteiger partial charge in [-0.05, 0) is 55.3 Å². The van der Waals surface area contributed by atoms with Gasteiger partial charge in [0.2, 0.25) is 6.41 Å². The van der Waals surface area contributed by atoms with Crippen molar-refractivity contribution >= 4 is 41.3 Å². The largest absolute Gasteiger partial charge is 0.493 e. The van der Waals surface area contributed by atoms with E-state index in [0.29, 0.717) is 59.9 Å². The number of primary amides is 1. The lowest BCUT2D eigenvalue weighted by Gasteiger charge is -2.28.